The molecule has 0 saturated carbocycles. The highest BCUT2D eigenvalue weighted by Gasteiger charge is 2.46. The summed E-state index contributed by atoms with van der Waals surface area (Å²) >= 11 is 0. The monoisotopic (exact) mass is 529 g/mol. The zero-order valence-corrected chi connectivity index (χ0v) is 22.7. The Kier molecular flexibility index (Phi) is 9.26. The molecule has 1 heterocycles. The fraction of sp³-hybridized carbons (Fsp3) is 0.312. The minimum atomic E-state index is -0.792. The van der Waals surface area contributed by atoms with Crippen LogP contribution in [0, 0.1) is 0 Å². The molecule has 1 unspecified atom stereocenters. The lowest BCUT2D eigenvalue weighted by Crippen LogP contribution is -2.31. The van der Waals surface area contributed by atoms with Gasteiger partial charge < -0.3 is 24.2 Å². The van der Waals surface area contributed by atoms with Crippen LogP contribution < -0.4 is 14.2 Å². The van der Waals surface area contributed by atoms with E-state index in [2.05, 4.69) is 6.92 Å². The molecule has 0 radical (unpaired) electrons. The van der Waals surface area contributed by atoms with Gasteiger partial charge in [-0.05, 0) is 67.3 Å². The van der Waals surface area contributed by atoms with Gasteiger partial charge in [-0.2, -0.15) is 0 Å². The number of carbonyl (C=O) groups excluding carboxylic acids is 2. The Morgan fingerprint density at radius 1 is 0.923 bits per heavy atom. The first-order valence-corrected chi connectivity index (χ1v) is 13.3. The van der Waals surface area contributed by atoms with E-state index in [0.717, 1.165) is 18.4 Å². The molecule has 1 atom stereocenters. The van der Waals surface area contributed by atoms with Crippen molar-refractivity contribution < 1.29 is 28.9 Å². The van der Waals surface area contributed by atoms with Gasteiger partial charge in [-0.15, -0.1) is 0 Å². The van der Waals surface area contributed by atoms with Crippen LogP contribution in [0.3, 0.4) is 0 Å². The first kappa shape index (κ1) is 27.8. The van der Waals surface area contributed by atoms with E-state index in [9.17, 15) is 14.7 Å². The van der Waals surface area contributed by atoms with Crippen LogP contribution in [0.4, 0.5) is 0 Å². The molecule has 7 nitrogen and oxygen atoms in total. The van der Waals surface area contributed by atoms with Crippen LogP contribution in [0.25, 0.3) is 5.76 Å². The van der Waals surface area contributed by atoms with E-state index in [1.54, 1.807) is 43.5 Å². The number of methoxy groups -OCH3 is 1. The number of nitrogens with zero attached hydrogens (tertiary/aromatic N) is 1. The summed E-state index contributed by atoms with van der Waals surface area (Å²) in [5.74, 6) is 0.153. The van der Waals surface area contributed by atoms with Crippen LogP contribution >= 0.6 is 0 Å². The summed E-state index contributed by atoms with van der Waals surface area (Å²) in [5.41, 5.74) is 2.17. The lowest BCUT2D eigenvalue weighted by molar-refractivity contribution is -0.139. The normalized spacial score (nSPS) is 16.4. The molecule has 1 saturated heterocycles. The molecule has 0 spiro atoms. The molecule has 0 bridgehead atoms. The number of hydrogen-bond acceptors (Lipinski definition) is 6. The molecule has 1 amide bonds. The van der Waals surface area contributed by atoms with Crippen LogP contribution in [0.5, 0.6) is 17.2 Å². The molecule has 3 aromatic rings. The average molecular weight is 530 g/mol. The van der Waals surface area contributed by atoms with Gasteiger partial charge >= 0.3 is 0 Å². The van der Waals surface area contributed by atoms with Crippen molar-refractivity contribution in [1.82, 2.24) is 4.90 Å². The van der Waals surface area contributed by atoms with Crippen molar-refractivity contribution in [1.29, 1.82) is 0 Å². The summed E-state index contributed by atoms with van der Waals surface area (Å²) in [7, 11) is 1.55. The molecule has 4 rings (SSSR count). The summed E-state index contributed by atoms with van der Waals surface area (Å²) in [5, 5.41) is 11.4. The Hall–Kier alpha value is -4.26. The van der Waals surface area contributed by atoms with Crippen molar-refractivity contribution in [2.24, 2.45) is 0 Å². The van der Waals surface area contributed by atoms with Crippen molar-refractivity contribution in [3.8, 4) is 17.2 Å². The van der Waals surface area contributed by atoms with Crippen LogP contribution in [-0.4, -0.2) is 48.6 Å². The molecule has 1 fully saturated rings. The van der Waals surface area contributed by atoms with Gasteiger partial charge in [0.05, 0.1) is 31.9 Å². The molecule has 1 aliphatic rings. The molecule has 39 heavy (non-hydrogen) atoms. The minimum absolute atomic E-state index is 0.0420. The summed E-state index contributed by atoms with van der Waals surface area (Å²) in [6, 6.07) is 21.2. The third-order valence-electron chi connectivity index (χ3n) is 6.73. The van der Waals surface area contributed by atoms with Crippen molar-refractivity contribution >= 4 is 17.4 Å². The van der Waals surface area contributed by atoms with Gasteiger partial charge in [0, 0.05) is 12.1 Å². The van der Waals surface area contributed by atoms with Gasteiger partial charge in [0.15, 0.2) is 11.5 Å². The number of amides is 1. The maximum atomic E-state index is 13.4. The molecule has 1 N–H and O–H groups in total. The molecular weight excluding hydrogens is 494 g/mol. The van der Waals surface area contributed by atoms with Crippen molar-refractivity contribution in [2.45, 2.75) is 39.2 Å². The second-order valence-corrected chi connectivity index (χ2v) is 9.30. The maximum absolute atomic E-state index is 13.4. The molecule has 204 valence electrons. The van der Waals surface area contributed by atoms with Crippen molar-refractivity contribution in [3.63, 3.8) is 0 Å². The van der Waals surface area contributed by atoms with Gasteiger partial charge in [0.2, 0.25) is 0 Å². The summed E-state index contributed by atoms with van der Waals surface area (Å²) in [4.78, 5) is 28.3. The van der Waals surface area contributed by atoms with E-state index in [4.69, 9.17) is 14.2 Å². The molecule has 1 aliphatic heterocycles. The van der Waals surface area contributed by atoms with E-state index < -0.39 is 17.7 Å². The smallest absolute Gasteiger partial charge is 0.295 e. The standard InChI is InChI=1S/C32H35NO6/c1-4-6-20-39-26-17-14-24(21-27(26)38-5-2)29-28(30(34)23-12-15-25(37-3)16-13-23)31(35)32(36)33(29)19-18-22-10-8-7-9-11-22/h7-17,21,29,34H,4-6,18-20H2,1-3H3. The summed E-state index contributed by atoms with van der Waals surface area (Å²) < 4.78 is 17.1. The Bertz CT molecular complexity index is 1320. The number of unbranched alkanes of at least 4 members (excludes halogenated alkanes) is 1. The number of aliphatic hydroxyl groups excluding tert-OH is 1. The summed E-state index contributed by atoms with van der Waals surface area (Å²) in [6.45, 7) is 5.27. The second-order valence-electron chi connectivity index (χ2n) is 9.30. The molecule has 3 aromatic carbocycles. The number of hydrogen-bond donors (Lipinski definition) is 1. The number of benzene rings is 3. The molecular formula is C32H35NO6. The molecule has 0 aromatic heterocycles. The second kappa shape index (κ2) is 13.0. The maximum Gasteiger partial charge on any atom is 0.295 e. The van der Waals surface area contributed by atoms with Crippen LogP contribution in [0.2, 0.25) is 0 Å². The summed E-state index contributed by atoms with van der Waals surface area (Å²) in [6.07, 6.45) is 2.47. The number of Topliss-reactive ketones (excluding diaryl/α,β-unsaturated/α-hetero) is 1. The van der Waals surface area contributed by atoms with E-state index in [-0.39, 0.29) is 11.3 Å². The number of carbonyl (C=O) groups is 2. The highest BCUT2D eigenvalue weighted by Crippen LogP contribution is 2.42. The first-order valence-electron chi connectivity index (χ1n) is 13.3. The number of aliphatic hydroxyl groups is 1. The number of ether oxygens (including phenoxy) is 3. The Labute approximate surface area is 229 Å². The predicted molar refractivity (Wildman–Crippen MR) is 150 cm³/mol. The van der Waals surface area contributed by atoms with Crippen molar-refractivity contribution in [3.05, 3.63) is 95.1 Å². The first-order chi connectivity index (χ1) is 19.0. The topological polar surface area (TPSA) is 85.3 Å². The van der Waals surface area contributed by atoms with Gasteiger partial charge in [-0.1, -0.05) is 49.7 Å². The Morgan fingerprint density at radius 3 is 2.33 bits per heavy atom. The van der Waals surface area contributed by atoms with Crippen LogP contribution in [0.1, 0.15) is 49.4 Å². The minimum Gasteiger partial charge on any atom is -0.507 e. The lowest BCUT2D eigenvalue weighted by atomic mass is 9.94. The number of rotatable bonds is 12. The zero-order chi connectivity index (χ0) is 27.8. The van der Waals surface area contributed by atoms with E-state index in [1.807, 2.05) is 43.3 Å². The van der Waals surface area contributed by atoms with Crippen LogP contribution in [0.15, 0.2) is 78.4 Å². The van der Waals surface area contributed by atoms with Gasteiger partial charge in [-0.3, -0.25) is 9.59 Å². The van der Waals surface area contributed by atoms with Gasteiger partial charge in [0.25, 0.3) is 11.7 Å². The third-order valence-corrected chi connectivity index (χ3v) is 6.73. The number of ketones is 1. The predicted octanol–water partition coefficient (Wildman–Crippen LogP) is 5.94. The van der Waals surface area contributed by atoms with Crippen molar-refractivity contribution in [2.75, 3.05) is 26.9 Å². The van der Waals surface area contributed by atoms with E-state index in [0.29, 0.717) is 54.6 Å². The quantitative estimate of drug-likeness (QED) is 0.135. The average Bonchev–Trinajstić information content (AvgIpc) is 3.22. The van der Waals surface area contributed by atoms with Crippen LogP contribution in [-0.2, 0) is 16.0 Å². The fourth-order valence-corrected chi connectivity index (χ4v) is 4.66. The third kappa shape index (κ3) is 6.25. The SMILES string of the molecule is CCCCOc1ccc(C2C(=C(O)c3ccc(OC)cc3)C(=O)C(=O)N2CCc2ccccc2)cc1OCC. The highest BCUT2D eigenvalue weighted by atomic mass is 16.5. The number of likely N-dealkylation sites (tertiary alicyclic amines) is 1. The van der Waals surface area contributed by atoms with E-state index in [1.165, 1.54) is 4.90 Å². The van der Waals surface area contributed by atoms with E-state index >= 15 is 0 Å². The fourth-order valence-electron chi connectivity index (χ4n) is 4.66. The van der Waals surface area contributed by atoms with Gasteiger partial charge in [-0.25, -0.2) is 0 Å². The Balaban J connectivity index is 1.78. The molecule has 7 heteroatoms. The zero-order valence-electron chi connectivity index (χ0n) is 22.7. The highest BCUT2D eigenvalue weighted by molar-refractivity contribution is 6.46. The lowest BCUT2D eigenvalue weighted by Gasteiger charge is -2.26. The Morgan fingerprint density at radius 2 is 1.67 bits per heavy atom. The largest absolute Gasteiger partial charge is 0.507 e. The molecule has 0 aliphatic carbocycles. The van der Waals surface area contributed by atoms with Gasteiger partial charge in [0.1, 0.15) is 11.5 Å².